The molecule has 2 unspecified atom stereocenters. The van der Waals surface area contributed by atoms with Crippen LogP contribution in [0.25, 0.3) is 0 Å². The fraction of sp³-hybridized carbons (Fsp3) is 1.00. The number of methoxy groups -OCH3 is 1. The minimum absolute atomic E-state index is 0.177. The lowest BCUT2D eigenvalue weighted by molar-refractivity contribution is -0.318. The van der Waals surface area contributed by atoms with Gasteiger partial charge in [0.05, 0.1) is 30.0 Å². The van der Waals surface area contributed by atoms with E-state index in [4.69, 9.17) is 15.2 Å². The molecule has 0 aromatic rings. The van der Waals surface area contributed by atoms with Crippen molar-refractivity contribution in [3.63, 3.8) is 0 Å². The van der Waals surface area contributed by atoms with Crippen molar-refractivity contribution in [2.75, 3.05) is 20.3 Å². The molecule has 0 bridgehead atoms. The molecule has 5 nitrogen and oxygen atoms in total. The van der Waals surface area contributed by atoms with Gasteiger partial charge in [0, 0.05) is 12.5 Å². The predicted molar refractivity (Wildman–Crippen MR) is 73.9 cm³/mol. The topological polar surface area (TPSA) is 84.9 Å². The van der Waals surface area contributed by atoms with Crippen molar-refractivity contribution >= 4 is 0 Å². The van der Waals surface area contributed by atoms with Gasteiger partial charge in [0.1, 0.15) is 6.10 Å². The second-order valence-corrected chi connectivity index (χ2v) is 6.49. The van der Waals surface area contributed by atoms with E-state index in [0.717, 1.165) is 0 Å². The van der Waals surface area contributed by atoms with Crippen LogP contribution in [0.1, 0.15) is 41.0 Å². The lowest BCUT2D eigenvalue weighted by atomic mass is 9.53. The van der Waals surface area contributed by atoms with Crippen molar-refractivity contribution in [2.45, 2.75) is 63.9 Å². The van der Waals surface area contributed by atoms with Crippen LogP contribution in [0.5, 0.6) is 0 Å². The Bertz CT molecular complexity index is 331. The first kappa shape index (κ1) is 16.9. The molecule has 0 aromatic carbocycles. The SMILES string of the molecule is CC[C@]1(C)C(C)(CO)O[C@@H](COC)C(C)(N)[C@]1(C)O. The van der Waals surface area contributed by atoms with Crippen LogP contribution in [0.3, 0.4) is 0 Å². The molecule has 1 rings (SSSR count). The van der Waals surface area contributed by atoms with Crippen LogP contribution < -0.4 is 5.73 Å². The third-order valence-electron chi connectivity index (χ3n) is 5.69. The van der Waals surface area contributed by atoms with Gasteiger partial charge in [0.2, 0.25) is 0 Å². The Kier molecular flexibility index (Phi) is 4.41. The standard InChI is InChI=1S/C14H29NO4/c1-7-11(2)12(3,9-16)19-10(8-18-6)13(4,15)14(11,5)17/h10,16-17H,7-9,15H2,1-6H3/t10-,11+,12?,13?,14+/m0/s1. The van der Waals surface area contributed by atoms with Crippen molar-refractivity contribution in [1.82, 2.24) is 0 Å². The summed E-state index contributed by atoms with van der Waals surface area (Å²) in [6.07, 6.45) is 0.160. The number of rotatable bonds is 4. The molecule has 0 aliphatic carbocycles. The molecule has 0 spiro atoms. The van der Waals surface area contributed by atoms with E-state index in [1.165, 1.54) is 0 Å². The Morgan fingerprint density at radius 1 is 1.26 bits per heavy atom. The molecule has 114 valence electrons. The van der Waals surface area contributed by atoms with Gasteiger partial charge in [-0.3, -0.25) is 0 Å². The normalized spacial score (nSPS) is 51.3. The summed E-state index contributed by atoms with van der Waals surface area (Å²) in [6.45, 7) is 9.32. The van der Waals surface area contributed by atoms with Crippen LogP contribution in [0.2, 0.25) is 0 Å². The summed E-state index contributed by atoms with van der Waals surface area (Å²) < 4.78 is 11.2. The molecule has 1 aliphatic rings. The van der Waals surface area contributed by atoms with Crippen molar-refractivity contribution in [1.29, 1.82) is 0 Å². The van der Waals surface area contributed by atoms with Gasteiger partial charge in [-0.05, 0) is 27.2 Å². The molecule has 0 amide bonds. The summed E-state index contributed by atoms with van der Waals surface area (Å²) in [4.78, 5) is 0. The highest BCUT2D eigenvalue weighted by atomic mass is 16.6. The highest BCUT2D eigenvalue weighted by molar-refractivity contribution is 5.20. The summed E-state index contributed by atoms with van der Waals surface area (Å²) in [6, 6.07) is 0. The van der Waals surface area contributed by atoms with Crippen LogP contribution in [-0.2, 0) is 9.47 Å². The number of nitrogens with two attached hydrogens (primary N) is 1. The molecule has 5 atom stereocenters. The van der Waals surface area contributed by atoms with Crippen molar-refractivity contribution in [3.8, 4) is 0 Å². The van der Waals surface area contributed by atoms with Crippen LogP contribution >= 0.6 is 0 Å². The average Bonchev–Trinajstić information content (AvgIpc) is 2.35. The molecule has 19 heavy (non-hydrogen) atoms. The first-order valence-electron chi connectivity index (χ1n) is 6.83. The highest BCUT2D eigenvalue weighted by Gasteiger charge is 2.68. The smallest absolute Gasteiger partial charge is 0.102 e. The van der Waals surface area contributed by atoms with E-state index in [1.54, 1.807) is 21.0 Å². The van der Waals surface area contributed by atoms with Crippen molar-refractivity contribution < 1.29 is 19.7 Å². The van der Waals surface area contributed by atoms with Crippen molar-refractivity contribution in [2.24, 2.45) is 11.1 Å². The fourth-order valence-corrected chi connectivity index (χ4v) is 3.28. The molecule has 4 N–H and O–H groups in total. The Hall–Kier alpha value is -0.200. The highest BCUT2D eigenvalue weighted by Crippen LogP contribution is 2.55. The predicted octanol–water partition coefficient (Wildman–Crippen LogP) is 0.667. The Labute approximate surface area is 116 Å². The molecule has 1 heterocycles. The maximum atomic E-state index is 11.1. The van der Waals surface area contributed by atoms with Gasteiger partial charge in [-0.25, -0.2) is 0 Å². The molecule has 0 saturated carbocycles. The van der Waals surface area contributed by atoms with E-state index in [2.05, 4.69) is 0 Å². The second-order valence-electron chi connectivity index (χ2n) is 6.49. The average molecular weight is 275 g/mol. The first-order chi connectivity index (χ1) is 8.54. The van der Waals surface area contributed by atoms with Gasteiger partial charge in [-0.1, -0.05) is 13.8 Å². The molecule has 0 aromatic heterocycles. The summed E-state index contributed by atoms with van der Waals surface area (Å²) in [5, 5.41) is 20.9. The first-order valence-corrected chi connectivity index (χ1v) is 6.83. The van der Waals surface area contributed by atoms with Gasteiger partial charge in [-0.15, -0.1) is 0 Å². The molecular formula is C14H29NO4. The van der Waals surface area contributed by atoms with Gasteiger partial charge < -0.3 is 25.4 Å². The fourth-order valence-electron chi connectivity index (χ4n) is 3.28. The number of ether oxygens (including phenoxy) is 2. The zero-order chi connectivity index (χ0) is 15.1. The summed E-state index contributed by atoms with van der Waals surface area (Å²) >= 11 is 0. The molecule has 1 saturated heterocycles. The quantitative estimate of drug-likeness (QED) is 0.702. The van der Waals surface area contributed by atoms with Crippen LogP contribution in [0.15, 0.2) is 0 Å². The largest absolute Gasteiger partial charge is 0.393 e. The third-order valence-corrected chi connectivity index (χ3v) is 5.69. The Balaban J connectivity index is 3.36. The minimum Gasteiger partial charge on any atom is -0.393 e. The Morgan fingerprint density at radius 2 is 1.79 bits per heavy atom. The summed E-state index contributed by atoms with van der Waals surface area (Å²) in [5.41, 5.74) is 2.67. The van der Waals surface area contributed by atoms with Crippen LogP contribution in [-0.4, -0.2) is 53.4 Å². The Morgan fingerprint density at radius 3 is 2.16 bits per heavy atom. The van der Waals surface area contributed by atoms with Gasteiger partial charge >= 0.3 is 0 Å². The molecule has 1 fully saturated rings. The lowest BCUT2D eigenvalue weighted by Gasteiger charge is -2.65. The third kappa shape index (κ3) is 2.03. The number of hydrogen-bond donors (Lipinski definition) is 3. The molecule has 0 radical (unpaired) electrons. The van der Waals surface area contributed by atoms with Gasteiger partial charge in [0.15, 0.2) is 0 Å². The molecule has 1 aliphatic heterocycles. The maximum absolute atomic E-state index is 11.1. The van der Waals surface area contributed by atoms with Crippen LogP contribution in [0.4, 0.5) is 0 Å². The maximum Gasteiger partial charge on any atom is 0.102 e. The number of aliphatic hydroxyl groups excluding tert-OH is 1. The molecule has 5 heteroatoms. The number of hydrogen-bond acceptors (Lipinski definition) is 5. The minimum atomic E-state index is -1.20. The van der Waals surface area contributed by atoms with E-state index in [9.17, 15) is 10.2 Å². The second kappa shape index (κ2) is 4.97. The van der Waals surface area contributed by atoms with E-state index < -0.39 is 28.3 Å². The van der Waals surface area contributed by atoms with E-state index in [-0.39, 0.29) is 13.2 Å². The number of aliphatic hydroxyl groups is 2. The van der Waals surface area contributed by atoms with Crippen LogP contribution in [0, 0.1) is 5.41 Å². The van der Waals surface area contributed by atoms with Gasteiger partial charge in [0.25, 0.3) is 0 Å². The molecular weight excluding hydrogens is 246 g/mol. The zero-order valence-corrected chi connectivity index (χ0v) is 13.0. The van der Waals surface area contributed by atoms with Gasteiger partial charge in [-0.2, -0.15) is 0 Å². The van der Waals surface area contributed by atoms with E-state index >= 15 is 0 Å². The summed E-state index contributed by atoms with van der Waals surface area (Å²) in [5.74, 6) is 0. The monoisotopic (exact) mass is 275 g/mol. The van der Waals surface area contributed by atoms with Crippen molar-refractivity contribution in [3.05, 3.63) is 0 Å². The van der Waals surface area contributed by atoms with E-state index in [1.807, 2.05) is 20.8 Å². The van der Waals surface area contributed by atoms with E-state index in [0.29, 0.717) is 6.42 Å². The zero-order valence-electron chi connectivity index (χ0n) is 13.0. The lowest BCUT2D eigenvalue weighted by Crippen LogP contribution is -2.81. The summed E-state index contributed by atoms with van der Waals surface area (Å²) in [7, 11) is 1.57.